The number of benzene rings is 1. The van der Waals surface area contributed by atoms with Crippen LogP contribution in [-0.4, -0.2) is 11.9 Å². The van der Waals surface area contributed by atoms with Crippen molar-refractivity contribution in [2.45, 2.75) is 33.2 Å². The molecule has 4 nitrogen and oxygen atoms in total. The molecule has 0 spiro atoms. The van der Waals surface area contributed by atoms with Crippen LogP contribution in [0.5, 0.6) is 0 Å². The lowest BCUT2D eigenvalue weighted by atomic mass is 10.0. The standard InChI is InChI=1S/C14H19N3O/c1-9(2)7-12(16)14(18)17-13-6-4-5-10(3)11(13)8-15/h4-6,9,12H,7,16H2,1-3H3,(H,17,18)/t12-/m0/s1. The van der Waals surface area contributed by atoms with Gasteiger partial charge in [-0.1, -0.05) is 26.0 Å². The number of anilines is 1. The summed E-state index contributed by atoms with van der Waals surface area (Å²) in [5, 5.41) is 11.8. The first-order chi connectivity index (χ1) is 8.45. The number of nitrogens with two attached hydrogens (primary N) is 1. The lowest BCUT2D eigenvalue weighted by molar-refractivity contribution is -0.117. The van der Waals surface area contributed by atoms with Crippen LogP contribution in [-0.2, 0) is 4.79 Å². The fraction of sp³-hybridized carbons (Fsp3) is 0.429. The minimum absolute atomic E-state index is 0.245. The fourth-order valence-corrected chi connectivity index (χ4v) is 1.76. The summed E-state index contributed by atoms with van der Waals surface area (Å²) < 4.78 is 0. The number of carbonyl (C=O) groups is 1. The Kier molecular flexibility index (Phi) is 4.87. The molecule has 1 amide bonds. The van der Waals surface area contributed by atoms with E-state index < -0.39 is 6.04 Å². The van der Waals surface area contributed by atoms with Gasteiger partial charge in [-0.2, -0.15) is 5.26 Å². The molecule has 0 radical (unpaired) electrons. The molecule has 0 bridgehead atoms. The number of rotatable bonds is 4. The van der Waals surface area contributed by atoms with Crippen LogP contribution < -0.4 is 11.1 Å². The zero-order valence-corrected chi connectivity index (χ0v) is 11.0. The predicted octanol–water partition coefficient (Wildman–Crippen LogP) is 2.18. The van der Waals surface area contributed by atoms with E-state index in [1.165, 1.54) is 0 Å². The van der Waals surface area contributed by atoms with E-state index in [0.29, 0.717) is 23.6 Å². The van der Waals surface area contributed by atoms with Crippen molar-refractivity contribution in [1.29, 1.82) is 5.26 Å². The second kappa shape index (κ2) is 6.18. The maximum Gasteiger partial charge on any atom is 0.241 e. The van der Waals surface area contributed by atoms with E-state index in [4.69, 9.17) is 11.0 Å². The van der Waals surface area contributed by atoms with Crippen LogP contribution in [0.2, 0.25) is 0 Å². The number of hydrogen-bond donors (Lipinski definition) is 2. The zero-order chi connectivity index (χ0) is 13.7. The minimum Gasteiger partial charge on any atom is -0.324 e. The third-order valence-electron chi connectivity index (χ3n) is 2.70. The summed E-state index contributed by atoms with van der Waals surface area (Å²) in [5.74, 6) is 0.115. The normalized spacial score (nSPS) is 12.0. The molecular weight excluding hydrogens is 226 g/mol. The molecule has 1 aromatic rings. The van der Waals surface area contributed by atoms with Crippen molar-refractivity contribution in [2.24, 2.45) is 11.7 Å². The van der Waals surface area contributed by atoms with Gasteiger partial charge >= 0.3 is 0 Å². The van der Waals surface area contributed by atoms with E-state index in [0.717, 1.165) is 5.56 Å². The fourth-order valence-electron chi connectivity index (χ4n) is 1.76. The van der Waals surface area contributed by atoms with E-state index in [9.17, 15) is 4.79 Å². The lowest BCUT2D eigenvalue weighted by Crippen LogP contribution is -2.36. The van der Waals surface area contributed by atoms with Gasteiger partial charge in [0, 0.05) is 0 Å². The summed E-state index contributed by atoms with van der Waals surface area (Å²) in [7, 11) is 0. The molecule has 0 aliphatic carbocycles. The summed E-state index contributed by atoms with van der Waals surface area (Å²) >= 11 is 0. The van der Waals surface area contributed by atoms with Crippen LogP contribution in [0.15, 0.2) is 18.2 Å². The van der Waals surface area contributed by atoms with E-state index in [1.54, 1.807) is 12.1 Å². The van der Waals surface area contributed by atoms with E-state index in [-0.39, 0.29) is 5.91 Å². The number of carbonyl (C=O) groups excluding carboxylic acids is 1. The second-order valence-corrected chi connectivity index (χ2v) is 4.83. The summed E-state index contributed by atoms with van der Waals surface area (Å²) in [4.78, 5) is 11.9. The van der Waals surface area contributed by atoms with Crippen LogP contribution in [0.25, 0.3) is 0 Å². The topological polar surface area (TPSA) is 78.9 Å². The van der Waals surface area contributed by atoms with Gasteiger partial charge in [0.2, 0.25) is 5.91 Å². The van der Waals surface area contributed by atoms with Crippen molar-refractivity contribution in [1.82, 2.24) is 0 Å². The molecule has 0 unspecified atom stereocenters. The van der Waals surface area contributed by atoms with Crippen molar-refractivity contribution in [2.75, 3.05) is 5.32 Å². The molecule has 0 heterocycles. The van der Waals surface area contributed by atoms with Crippen LogP contribution in [0.3, 0.4) is 0 Å². The molecule has 4 heteroatoms. The van der Waals surface area contributed by atoms with Crippen molar-refractivity contribution in [3.63, 3.8) is 0 Å². The summed E-state index contributed by atoms with van der Waals surface area (Å²) in [6.07, 6.45) is 0.625. The monoisotopic (exact) mass is 245 g/mol. The quantitative estimate of drug-likeness (QED) is 0.853. The molecule has 1 atom stereocenters. The first-order valence-electron chi connectivity index (χ1n) is 6.01. The van der Waals surface area contributed by atoms with Gasteiger partial charge < -0.3 is 11.1 Å². The van der Waals surface area contributed by atoms with Crippen LogP contribution >= 0.6 is 0 Å². The Hall–Kier alpha value is -1.86. The van der Waals surface area contributed by atoms with E-state index >= 15 is 0 Å². The SMILES string of the molecule is Cc1cccc(NC(=O)[C@@H](N)CC(C)C)c1C#N. The number of nitriles is 1. The maximum absolute atomic E-state index is 11.9. The Bertz CT molecular complexity index is 474. The number of nitrogens with one attached hydrogen (secondary N) is 1. The largest absolute Gasteiger partial charge is 0.324 e. The molecule has 3 N–H and O–H groups in total. The summed E-state index contributed by atoms with van der Waals surface area (Å²) in [6.45, 7) is 5.86. The van der Waals surface area contributed by atoms with Crippen molar-refractivity contribution < 1.29 is 4.79 Å². The Labute approximate surface area is 108 Å². The highest BCUT2D eigenvalue weighted by atomic mass is 16.2. The predicted molar refractivity (Wildman–Crippen MR) is 72.0 cm³/mol. The molecule has 0 aromatic heterocycles. The lowest BCUT2D eigenvalue weighted by Gasteiger charge is -2.15. The van der Waals surface area contributed by atoms with Gasteiger partial charge in [-0.15, -0.1) is 0 Å². The smallest absolute Gasteiger partial charge is 0.241 e. The Morgan fingerprint density at radius 2 is 2.17 bits per heavy atom. The van der Waals surface area contributed by atoms with Crippen LogP contribution in [0, 0.1) is 24.2 Å². The molecule has 0 saturated carbocycles. The molecular formula is C14H19N3O. The molecule has 96 valence electrons. The number of hydrogen-bond acceptors (Lipinski definition) is 3. The van der Waals surface area contributed by atoms with Gasteiger partial charge in [-0.05, 0) is 30.9 Å². The molecule has 18 heavy (non-hydrogen) atoms. The number of aryl methyl sites for hydroxylation is 1. The van der Waals surface area contributed by atoms with Gasteiger partial charge in [-0.25, -0.2) is 0 Å². The second-order valence-electron chi connectivity index (χ2n) is 4.83. The summed E-state index contributed by atoms with van der Waals surface area (Å²) in [6, 6.07) is 6.90. The first-order valence-corrected chi connectivity index (χ1v) is 6.01. The summed E-state index contributed by atoms with van der Waals surface area (Å²) in [5.41, 5.74) is 7.66. The number of nitrogens with zero attached hydrogens (tertiary/aromatic N) is 1. The molecule has 0 saturated heterocycles. The highest BCUT2D eigenvalue weighted by Gasteiger charge is 2.16. The van der Waals surface area contributed by atoms with Gasteiger partial charge in [0.1, 0.15) is 6.07 Å². The third kappa shape index (κ3) is 3.57. The Morgan fingerprint density at radius 1 is 1.50 bits per heavy atom. The first kappa shape index (κ1) is 14.2. The van der Waals surface area contributed by atoms with Gasteiger partial charge in [0.05, 0.1) is 17.3 Å². The molecule has 0 fully saturated rings. The van der Waals surface area contributed by atoms with Crippen molar-refractivity contribution in [3.05, 3.63) is 29.3 Å². The van der Waals surface area contributed by atoms with Crippen LogP contribution in [0.1, 0.15) is 31.4 Å². The molecule has 1 aromatic carbocycles. The molecule has 0 aliphatic heterocycles. The highest BCUT2D eigenvalue weighted by Crippen LogP contribution is 2.18. The van der Waals surface area contributed by atoms with Gasteiger partial charge in [-0.3, -0.25) is 4.79 Å². The van der Waals surface area contributed by atoms with Gasteiger partial charge in [0.15, 0.2) is 0 Å². The maximum atomic E-state index is 11.9. The van der Waals surface area contributed by atoms with E-state index in [1.807, 2.05) is 26.8 Å². The highest BCUT2D eigenvalue weighted by molar-refractivity contribution is 5.95. The van der Waals surface area contributed by atoms with Gasteiger partial charge in [0.25, 0.3) is 0 Å². The average molecular weight is 245 g/mol. The van der Waals surface area contributed by atoms with Crippen LogP contribution in [0.4, 0.5) is 5.69 Å². The molecule has 0 aliphatic rings. The minimum atomic E-state index is -0.544. The third-order valence-corrected chi connectivity index (χ3v) is 2.70. The van der Waals surface area contributed by atoms with E-state index in [2.05, 4.69) is 11.4 Å². The zero-order valence-electron chi connectivity index (χ0n) is 11.0. The number of amides is 1. The van der Waals surface area contributed by atoms with Crippen molar-refractivity contribution >= 4 is 11.6 Å². The Balaban J connectivity index is 2.83. The van der Waals surface area contributed by atoms with Crippen molar-refractivity contribution in [3.8, 4) is 6.07 Å². The molecule has 1 rings (SSSR count). The Morgan fingerprint density at radius 3 is 2.72 bits per heavy atom. The average Bonchev–Trinajstić information content (AvgIpc) is 2.28.